The Hall–Kier alpha value is -2.18. The quantitative estimate of drug-likeness (QED) is 0.897. The third-order valence-corrected chi connectivity index (χ3v) is 2.25. The van der Waals surface area contributed by atoms with Crippen LogP contribution in [0.5, 0.6) is 5.75 Å². The van der Waals surface area contributed by atoms with E-state index >= 15 is 0 Å². The second kappa shape index (κ2) is 4.25. The number of rotatable bonds is 2. The summed E-state index contributed by atoms with van der Waals surface area (Å²) in [6, 6.07) is 0.777. The van der Waals surface area contributed by atoms with Crippen LogP contribution in [0.3, 0.4) is 0 Å². The summed E-state index contributed by atoms with van der Waals surface area (Å²) in [5.74, 6) is -2.73. The van der Waals surface area contributed by atoms with Gasteiger partial charge in [0.15, 0.2) is 11.6 Å². The largest absolute Gasteiger partial charge is 0.486 e. The van der Waals surface area contributed by atoms with Crippen LogP contribution in [0.2, 0.25) is 0 Å². The molecule has 0 saturated carbocycles. The van der Waals surface area contributed by atoms with E-state index in [0.29, 0.717) is 4.57 Å². The first-order chi connectivity index (χ1) is 8.41. The van der Waals surface area contributed by atoms with E-state index in [-0.39, 0.29) is 22.9 Å². The Morgan fingerprint density at radius 3 is 2.72 bits per heavy atom. The normalized spacial score (nSPS) is 11.2. The Bertz CT molecular complexity index is 622. The van der Waals surface area contributed by atoms with Crippen LogP contribution in [-0.4, -0.2) is 26.9 Å². The monoisotopic (exact) mass is 256 g/mol. The molecular formula is C11H10F2N2O3. The van der Waals surface area contributed by atoms with Gasteiger partial charge in [0.05, 0.1) is 11.6 Å². The first-order valence-electron chi connectivity index (χ1n) is 5.16. The molecule has 0 saturated heterocycles. The third kappa shape index (κ3) is 1.87. The van der Waals surface area contributed by atoms with Crippen LogP contribution in [0.1, 0.15) is 13.8 Å². The molecule has 0 fully saturated rings. The van der Waals surface area contributed by atoms with Crippen molar-refractivity contribution in [2.75, 3.05) is 0 Å². The van der Waals surface area contributed by atoms with Gasteiger partial charge >= 0.3 is 6.09 Å². The Balaban J connectivity index is 2.75. The third-order valence-electron chi connectivity index (χ3n) is 2.25. The molecule has 0 unspecified atom stereocenters. The standard InChI is InChI=1S/C11H10F2N2O3/c1-5(2)18-10-8(13)6(12)3-7-9(10)14-4-15(7)11(16)17/h3-5H,1-2H3,(H,16,17). The highest BCUT2D eigenvalue weighted by atomic mass is 19.2. The topological polar surface area (TPSA) is 64.4 Å². The van der Waals surface area contributed by atoms with E-state index in [1.54, 1.807) is 13.8 Å². The van der Waals surface area contributed by atoms with Gasteiger partial charge in [0.2, 0.25) is 5.82 Å². The number of halogens is 2. The number of nitrogens with zero attached hydrogens (tertiary/aromatic N) is 2. The van der Waals surface area contributed by atoms with Gasteiger partial charge in [0.1, 0.15) is 11.8 Å². The number of carbonyl (C=O) groups is 1. The number of fused-ring (bicyclic) bond motifs is 1. The lowest BCUT2D eigenvalue weighted by Crippen LogP contribution is -2.09. The SMILES string of the molecule is CC(C)Oc1c(F)c(F)cc2c1ncn2C(=O)O. The van der Waals surface area contributed by atoms with E-state index < -0.39 is 17.7 Å². The van der Waals surface area contributed by atoms with Crippen LogP contribution in [0.4, 0.5) is 13.6 Å². The van der Waals surface area contributed by atoms with Gasteiger partial charge in [-0.3, -0.25) is 0 Å². The number of imidazole rings is 1. The molecule has 2 rings (SSSR count). The molecule has 7 heteroatoms. The molecule has 0 amide bonds. The summed E-state index contributed by atoms with van der Waals surface area (Å²) in [6.45, 7) is 3.29. The van der Waals surface area contributed by atoms with Crippen molar-refractivity contribution in [3.8, 4) is 5.75 Å². The highest BCUT2D eigenvalue weighted by molar-refractivity contribution is 5.89. The summed E-state index contributed by atoms with van der Waals surface area (Å²) >= 11 is 0. The molecule has 96 valence electrons. The summed E-state index contributed by atoms with van der Waals surface area (Å²) in [5, 5.41) is 8.87. The van der Waals surface area contributed by atoms with E-state index in [1.807, 2.05) is 0 Å². The first-order valence-corrected chi connectivity index (χ1v) is 5.16. The molecule has 18 heavy (non-hydrogen) atoms. The second-order valence-electron chi connectivity index (χ2n) is 3.93. The van der Waals surface area contributed by atoms with Crippen LogP contribution in [0.15, 0.2) is 12.4 Å². The van der Waals surface area contributed by atoms with Crippen LogP contribution in [-0.2, 0) is 0 Å². The van der Waals surface area contributed by atoms with E-state index in [2.05, 4.69) is 4.98 Å². The maximum Gasteiger partial charge on any atom is 0.417 e. The summed E-state index contributed by atoms with van der Waals surface area (Å²) < 4.78 is 32.8. The molecule has 0 aliphatic heterocycles. The minimum atomic E-state index is -1.33. The molecule has 1 N–H and O–H groups in total. The number of benzene rings is 1. The highest BCUT2D eigenvalue weighted by Crippen LogP contribution is 2.30. The lowest BCUT2D eigenvalue weighted by molar-refractivity contribution is 0.197. The molecule has 0 atom stereocenters. The van der Waals surface area contributed by atoms with E-state index in [9.17, 15) is 13.6 Å². The van der Waals surface area contributed by atoms with E-state index in [4.69, 9.17) is 9.84 Å². The maximum absolute atomic E-state index is 13.6. The van der Waals surface area contributed by atoms with Gasteiger partial charge in [0.25, 0.3) is 0 Å². The molecule has 5 nitrogen and oxygen atoms in total. The molecular weight excluding hydrogens is 246 g/mol. The Morgan fingerprint density at radius 2 is 2.17 bits per heavy atom. The smallest absolute Gasteiger partial charge is 0.417 e. The summed E-state index contributed by atoms with van der Waals surface area (Å²) in [7, 11) is 0. The van der Waals surface area contributed by atoms with Crippen LogP contribution in [0, 0.1) is 11.6 Å². The zero-order valence-corrected chi connectivity index (χ0v) is 9.65. The lowest BCUT2D eigenvalue weighted by Gasteiger charge is -2.11. The van der Waals surface area contributed by atoms with Gasteiger partial charge in [0, 0.05) is 6.07 Å². The van der Waals surface area contributed by atoms with E-state index in [0.717, 1.165) is 12.4 Å². The lowest BCUT2D eigenvalue weighted by atomic mass is 10.2. The fraction of sp³-hybridized carbons (Fsp3) is 0.273. The van der Waals surface area contributed by atoms with Gasteiger partial charge in [-0.05, 0) is 13.8 Å². The molecule has 0 aliphatic carbocycles. The Labute approximate surface area is 101 Å². The van der Waals surface area contributed by atoms with Crippen LogP contribution >= 0.6 is 0 Å². The molecule has 0 bridgehead atoms. The van der Waals surface area contributed by atoms with Crippen LogP contribution in [0.25, 0.3) is 11.0 Å². The summed E-state index contributed by atoms with van der Waals surface area (Å²) in [6.07, 6.45) is -0.752. The van der Waals surface area contributed by atoms with Crippen molar-refractivity contribution in [3.05, 3.63) is 24.0 Å². The zero-order valence-electron chi connectivity index (χ0n) is 9.65. The minimum absolute atomic E-state index is 0.0231. The van der Waals surface area contributed by atoms with E-state index in [1.165, 1.54) is 0 Å². The molecule has 0 spiro atoms. The number of hydrogen-bond acceptors (Lipinski definition) is 3. The van der Waals surface area contributed by atoms with Crippen molar-refractivity contribution in [1.82, 2.24) is 9.55 Å². The van der Waals surface area contributed by atoms with Gasteiger partial charge in [-0.1, -0.05) is 0 Å². The fourth-order valence-corrected chi connectivity index (χ4v) is 1.56. The second-order valence-corrected chi connectivity index (χ2v) is 3.93. The van der Waals surface area contributed by atoms with Crippen molar-refractivity contribution in [2.45, 2.75) is 20.0 Å². The Kier molecular flexibility index (Phi) is 2.90. The summed E-state index contributed by atoms with van der Waals surface area (Å²) in [4.78, 5) is 14.6. The average molecular weight is 256 g/mol. The van der Waals surface area contributed by atoms with Gasteiger partial charge in [-0.2, -0.15) is 4.39 Å². The predicted octanol–water partition coefficient (Wildman–Crippen LogP) is 2.63. The van der Waals surface area contributed by atoms with Crippen molar-refractivity contribution >= 4 is 17.1 Å². The van der Waals surface area contributed by atoms with Crippen molar-refractivity contribution in [3.63, 3.8) is 0 Å². The Morgan fingerprint density at radius 1 is 1.50 bits per heavy atom. The molecule has 1 aromatic carbocycles. The number of carboxylic acid groups (broad SMARTS) is 1. The number of ether oxygens (including phenoxy) is 1. The minimum Gasteiger partial charge on any atom is -0.486 e. The molecule has 1 heterocycles. The van der Waals surface area contributed by atoms with Gasteiger partial charge in [-0.15, -0.1) is 0 Å². The fourth-order valence-electron chi connectivity index (χ4n) is 1.56. The highest BCUT2D eigenvalue weighted by Gasteiger charge is 2.21. The molecule has 1 aromatic heterocycles. The number of aromatic nitrogens is 2. The maximum atomic E-state index is 13.6. The summed E-state index contributed by atoms with van der Waals surface area (Å²) in [5.41, 5.74) is -0.0814. The number of hydrogen-bond donors (Lipinski definition) is 1. The van der Waals surface area contributed by atoms with Crippen molar-refractivity contribution in [2.24, 2.45) is 0 Å². The average Bonchev–Trinajstić information content (AvgIpc) is 2.67. The van der Waals surface area contributed by atoms with Crippen molar-refractivity contribution < 1.29 is 23.4 Å². The molecule has 0 aliphatic rings. The molecule has 2 aromatic rings. The first kappa shape index (κ1) is 12.3. The van der Waals surface area contributed by atoms with Crippen LogP contribution < -0.4 is 4.74 Å². The van der Waals surface area contributed by atoms with Gasteiger partial charge in [-0.25, -0.2) is 18.7 Å². The van der Waals surface area contributed by atoms with Crippen molar-refractivity contribution in [1.29, 1.82) is 0 Å². The van der Waals surface area contributed by atoms with Gasteiger partial charge < -0.3 is 9.84 Å². The predicted molar refractivity (Wildman–Crippen MR) is 58.8 cm³/mol. The molecule has 0 radical (unpaired) electrons. The zero-order chi connectivity index (χ0) is 13.4.